The molecule has 0 N–H and O–H groups in total. The molecular weight excluding hydrogens is 166 g/mol. The van der Waals surface area contributed by atoms with Crippen LogP contribution in [0.15, 0.2) is 30.6 Å². The Labute approximate surface area is 74.2 Å². The van der Waals surface area contributed by atoms with Gasteiger partial charge in [0.05, 0.1) is 17.3 Å². The molecule has 0 aliphatic rings. The van der Waals surface area contributed by atoms with Gasteiger partial charge >= 0.3 is 0 Å². The van der Waals surface area contributed by atoms with Crippen LogP contribution in [0.25, 0.3) is 5.69 Å². The van der Waals surface area contributed by atoms with Crippen LogP contribution >= 0.6 is 0 Å². The van der Waals surface area contributed by atoms with Crippen molar-refractivity contribution < 1.29 is 0 Å². The molecule has 5 nitrogen and oxygen atoms in total. The summed E-state index contributed by atoms with van der Waals surface area (Å²) in [4.78, 5) is 0. The van der Waals surface area contributed by atoms with Crippen LogP contribution in [0.2, 0.25) is 0 Å². The minimum Gasteiger partial charge on any atom is -0.201 e. The average Bonchev–Trinajstić information content (AvgIpc) is 2.71. The molecule has 0 aliphatic heterocycles. The second kappa shape index (κ2) is 3.03. The zero-order valence-corrected chi connectivity index (χ0v) is 6.62. The molecule has 0 spiro atoms. The van der Waals surface area contributed by atoms with E-state index in [1.807, 2.05) is 6.07 Å². The molecule has 0 atom stereocenters. The van der Waals surface area contributed by atoms with Gasteiger partial charge in [0.2, 0.25) is 0 Å². The molecule has 0 radical (unpaired) electrons. The Morgan fingerprint density at radius 3 is 2.54 bits per heavy atom. The monoisotopic (exact) mass is 171 g/mol. The normalized spacial score (nSPS) is 9.46. The second-order valence-corrected chi connectivity index (χ2v) is 2.41. The third-order valence-corrected chi connectivity index (χ3v) is 1.61. The van der Waals surface area contributed by atoms with E-state index in [4.69, 9.17) is 5.26 Å². The average molecular weight is 171 g/mol. The fraction of sp³-hybridized carbons (Fsp3) is 0. The largest absolute Gasteiger partial charge is 0.201 e. The minimum absolute atomic E-state index is 0.622. The van der Waals surface area contributed by atoms with E-state index >= 15 is 0 Å². The topological polar surface area (TPSA) is 67.4 Å². The lowest BCUT2D eigenvalue weighted by atomic mass is 10.2. The van der Waals surface area contributed by atoms with Crippen molar-refractivity contribution in [1.29, 1.82) is 5.26 Å². The number of tetrazole rings is 1. The van der Waals surface area contributed by atoms with Crippen molar-refractivity contribution in [2.24, 2.45) is 0 Å². The predicted molar refractivity (Wildman–Crippen MR) is 43.9 cm³/mol. The highest BCUT2D eigenvalue weighted by molar-refractivity contribution is 5.38. The SMILES string of the molecule is N#Cc1ccc(-n2cnnn2)cc1. The van der Waals surface area contributed by atoms with Crippen LogP contribution in [-0.2, 0) is 0 Å². The van der Waals surface area contributed by atoms with Gasteiger partial charge in [-0.05, 0) is 34.7 Å². The van der Waals surface area contributed by atoms with Gasteiger partial charge in [0.25, 0.3) is 0 Å². The summed E-state index contributed by atoms with van der Waals surface area (Å²) >= 11 is 0. The van der Waals surface area contributed by atoms with Crippen molar-refractivity contribution in [3.8, 4) is 11.8 Å². The van der Waals surface area contributed by atoms with Gasteiger partial charge in [-0.25, -0.2) is 4.68 Å². The molecule has 1 aromatic heterocycles. The maximum Gasteiger partial charge on any atom is 0.143 e. The minimum atomic E-state index is 0.622. The van der Waals surface area contributed by atoms with Gasteiger partial charge in [0, 0.05) is 0 Å². The molecule has 0 bridgehead atoms. The molecule has 2 rings (SSSR count). The third-order valence-electron chi connectivity index (χ3n) is 1.61. The molecule has 62 valence electrons. The molecule has 13 heavy (non-hydrogen) atoms. The Kier molecular flexibility index (Phi) is 1.73. The first-order valence-corrected chi connectivity index (χ1v) is 3.63. The number of rotatable bonds is 1. The highest BCUT2D eigenvalue weighted by Crippen LogP contribution is 2.05. The van der Waals surface area contributed by atoms with E-state index in [0.717, 1.165) is 5.69 Å². The Morgan fingerprint density at radius 1 is 1.23 bits per heavy atom. The fourth-order valence-corrected chi connectivity index (χ4v) is 0.968. The molecular formula is C8H5N5. The van der Waals surface area contributed by atoms with E-state index in [2.05, 4.69) is 15.5 Å². The van der Waals surface area contributed by atoms with Gasteiger partial charge in [-0.15, -0.1) is 5.10 Å². The second-order valence-electron chi connectivity index (χ2n) is 2.41. The van der Waals surface area contributed by atoms with Crippen LogP contribution in [-0.4, -0.2) is 20.2 Å². The summed E-state index contributed by atoms with van der Waals surface area (Å²) in [7, 11) is 0. The molecule has 0 amide bonds. The van der Waals surface area contributed by atoms with Crippen LogP contribution in [0, 0.1) is 11.3 Å². The quantitative estimate of drug-likeness (QED) is 0.627. The molecule has 1 heterocycles. The number of nitriles is 1. The maximum atomic E-state index is 8.56. The van der Waals surface area contributed by atoms with Crippen molar-refractivity contribution in [1.82, 2.24) is 20.2 Å². The molecule has 0 fully saturated rings. The first-order valence-electron chi connectivity index (χ1n) is 3.63. The molecule has 1 aromatic carbocycles. The van der Waals surface area contributed by atoms with E-state index in [1.54, 1.807) is 24.3 Å². The predicted octanol–water partition coefficient (Wildman–Crippen LogP) is 0.534. The first-order chi connectivity index (χ1) is 6.40. The molecule has 5 heteroatoms. The van der Waals surface area contributed by atoms with Crippen molar-refractivity contribution in [2.75, 3.05) is 0 Å². The number of nitrogens with zero attached hydrogens (tertiary/aromatic N) is 5. The number of benzene rings is 1. The van der Waals surface area contributed by atoms with Crippen molar-refractivity contribution in [2.45, 2.75) is 0 Å². The molecule has 0 aliphatic carbocycles. The first kappa shape index (κ1) is 7.43. The smallest absolute Gasteiger partial charge is 0.143 e. The Hall–Kier alpha value is -2.22. The van der Waals surface area contributed by atoms with Gasteiger partial charge in [0.1, 0.15) is 6.33 Å². The standard InChI is InChI=1S/C8H5N5/c9-5-7-1-3-8(4-2-7)13-6-10-11-12-13/h1-4,6H. The van der Waals surface area contributed by atoms with E-state index < -0.39 is 0 Å². The lowest BCUT2D eigenvalue weighted by molar-refractivity contribution is 0.789. The van der Waals surface area contributed by atoms with Crippen LogP contribution in [0.5, 0.6) is 0 Å². The molecule has 2 aromatic rings. The summed E-state index contributed by atoms with van der Waals surface area (Å²) in [6.07, 6.45) is 1.50. The summed E-state index contributed by atoms with van der Waals surface area (Å²) in [6, 6.07) is 9.05. The summed E-state index contributed by atoms with van der Waals surface area (Å²) in [6.45, 7) is 0. The number of aromatic nitrogens is 4. The van der Waals surface area contributed by atoms with Crippen LogP contribution in [0.4, 0.5) is 0 Å². The van der Waals surface area contributed by atoms with Crippen LogP contribution < -0.4 is 0 Å². The van der Waals surface area contributed by atoms with Gasteiger partial charge in [-0.3, -0.25) is 0 Å². The van der Waals surface area contributed by atoms with E-state index in [0.29, 0.717) is 5.56 Å². The molecule has 0 saturated carbocycles. The van der Waals surface area contributed by atoms with Crippen LogP contribution in [0.1, 0.15) is 5.56 Å². The summed E-state index contributed by atoms with van der Waals surface area (Å²) < 4.78 is 1.53. The van der Waals surface area contributed by atoms with Crippen molar-refractivity contribution in [3.63, 3.8) is 0 Å². The van der Waals surface area contributed by atoms with E-state index in [9.17, 15) is 0 Å². The third kappa shape index (κ3) is 1.37. The Morgan fingerprint density at radius 2 is 2.00 bits per heavy atom. The summed E-state index contributed by atoms with van der Waals surface area (Å²) in [5, 5.41) is 19.3. The molecule has 0 saturated heterocycles. The van der Waals surface area contributed by atoms with E-state index in [-0.39, 0.29) is 0 Å². The van der Waals surface area contributed by atoms with Gasteiger partial charge in [-0.1, -0.05) is 0 Å². The lowest BCUT2D eigenvalue weighted by Crippen LogP contribution is -1.94. The highest BCUT2D eigenvalue weighted by atomic mass is 15.5. The fourth-order valence-electron chi connectivity index (χ4n) is 0.968. The maximum absolute atomic E-state index is 8.56. The lowest BCUT2D eigenvalue weighted by Gasteiger charge is -1.96. The van der Waals surface area contributed by atoms with E-state index in [1.165, 1.54) is 11.0 Å². The zero-order chi connectivity index (χ0) is 9.10. The molecule has 0 unspecified atom stereocenters. The van der Waals surface area contributed by atoms with Gasteiger partial charge in [-0.2, -0.15) is 5.26 Å². The number of hydrogen-bond donors (Lipinski definition) is 0. The summed E-state index contributed by atoms with van der Waals surface area (Å²) in [5.41, 5.74) is 1.46. The highest BCUT2D eigenvalue weighted by Gasteiger charge is 1.96. The van der Waals surface area contributed by atoms with Gasteiger partial charge < -0.3 is 0 Å². The Balaban J connectivity index is 2.40. The van der Waals surface area contributed by atoms with Crippen molar-refractivity contribution >= 4 is 0 Å². The van der Waals surface area contributed by atoms with Crippen LogP contribution in [0.3, 0.4) is 0 Å². The van der Waals surface area contributed by atoms with Crippen molar-refractivity contribution in [3.05, 3.63) is 36.2 Å². The van der Waals surface area contributed by atoms with Gasteiger partial charge in [0.15, 0.2) is 0 Å². The summed E-state index contributed by atoms with van der Waals surface area (Å²) in [5.74, 6) is 0. The number of hydrogen-bond acceptors (Lipinski definition) is 4. The zero-order valence-electron chi connectivity index (χ0n) is 6.62. The Bertz CT molecular complexity index is 423.